The van der Waals surface area contributed by atoms with Crippen molar-refractivity contribution >= 4 is 11.5 Å². The summed E-state index contributed by atoms with van der Waals surface area (Å²) in [5.74, 6) is 0.929. The number of rotatable bonds is 2. The highest BCUT2D eigenvalue weighted by Gasteiger charge is 2.06. The van der Waals surface area contributed by atoms with Crippen LogP contribution in [-0.2, 0) is 0 Å². The van der Waals surface area contributed by atoms with E-state index in [0.29, 0.717) is 6.04 Å². The minimum Gasteiger partial charge on any atom is -0.398 e. The number of aryl methyl sites for hydroxylation is 1. The van der Waals surface area contributed by atoms with Gasteiger partial charge in [-0.05, 0) is 26.3 Å². The van der Waals surface area contributed by atoms with Gasteiger partial charge in [0.2, 0.25) is 0 Å². The summed E-state index contributed by atoms with van der Waals surface area (Å²) in [7, 11) is 2.02. The molecule has 0 aromatic carbocycles. The third-order valence-electron chi connectivity index (χ3n) is 2.27. The van der Waals surface area contributed by atoms with E-state index in [9.17, 15) is 0 Å². The number of nitrogens with zero attached hydrogens (tertiary/aromatic N) is 2. The predicted octanol–water partition coefficient (Wildman–Crippen LogP) is 1.82. The Morgan fingerprint density at radius 1 is 1.46 bits per heavy atom. The van der Waals surface area contributed by atoms with E-state index in [-0.39, 0.29) is 0 Å². The minimum absolute atomic E-state index is 0.439. The van der Waals surface area contributed by atoms with Crippen molar-refractivity contribution in [3.05, 3.63) is 17.8 Å². The summed E-state index contributed by atoms with van der Waals surface area (Å²) in [4.78, 5) is 6.40. The van der Waals surface area contributed by atoms with Gasteiger partial charge in [-0.1, -0.05) is 0 Å². The third kappa shape index (κ3) is 2.11. The van der Waals surface area contributed by atoms with Gasteiger partial charge in [0, 0.05) is 31.0 Å². The molecule has 0 atom stereocenters. The van der Waals surface area contributed by atoms with Gasteiger partial charge >= 0.3 is 0 Å². The summed E-state index contributed by atoms with van der Waals surface area (Å²) in [6.07, 6.45) is 1.81. The minimum atomic E-state index is 0.439. The highest BCUT2D eigenvalue weighted by Crippen LogP contribution is 2.17. The fraction of sp³-hybridized carbons (Fsp3) is 0.500. The molecule has 3 nitrogen and oxygen atoms in total. The second kappa shape index (κ2) is 3.64. The van der Waals surface area contributed by atoms with Crippen LogP contribution in [0.2, 0.25) is 0 Å². The normalized spacial score (nSPS) is 10.5. The van der Waals surface area contributed by atoms with Gasteiger partial charge in [0.1, 0.15) is 5.82 Å². The van der Waals surface area contributed by atoms with E-state index in [1.165, 1.54) is 0 Å². The Morgan fingerprint density at radius 2 is 2.08 bits per heavy atom. The summed E-state index contributed by atoms with van der Waals surface area (Å²) in [5.41, 5.74) is 7.62. The first-order valence-electron chi connectivity index (χ1n) is 4.47. The van der Waals surface area contributed by atoms with Gasteiger partial charge in [-0.3, -0.25) is 0 Å². The lowest BCUT2D eigenvalue weighted by molar-refractivity contribution is 0.743. The maximum Gasteiger partial charge on any atom is 0.130 e. The zero-order valence-electron chi connectivity index (χ0n) is 8.70. The van der Waals surface area contributed by atoms with Crippen LogP contribution in [0.3, 0.4) is 0 Å². The molecule has 0 aliphatic carbocycles. The second-order valence-corrected chi connectivity index (χ2v) is 3.60. The van der Waals surface area contributed by atoms with Crippen LogP contribution in [0, 0.1) is 6.92 Å². The molecule has 0 bridgehead atoms. The van der Waals surface area contributed by atoms with Crippen molar-refractivity contribution < 1.29 is 0 Å². The zero-order valence-corrected chi connectivity index (χ0v) is 8.70. The van der Waals surface area contributed by atoms with Crippen molar-refractivity contribution in [1.29, 1.82) is 0 Å². The molecule has 0 radical (unpaired) electrons. The molecule has 1 aromatic heterocycles. The number of anilines is 2. The molecular formula is C10H17N3. The Bertz CT molecular complexity index is 294. The fourth-order valence-electron chi connectivity index (χ4n) is 0.985. The van der Waals surface area contributed by atoms with Crippen LogP contribution < -0.4 is 10.6 Å². The molecule has 1 aromatic rings. The number of nitrogens with two attached hydrogens (primary N) is 1. The fourth-order valence-corrected chi connectivity index (χ4v) is 0.985. The quantitative estimate of drug-likeness (QED) is 0.753. The molecule has 0 unspecified atom stereocenters. The van der Waals surface area contributed by atoms with Crippen LogP contribution in [0.15, 0.2) is 12.3 Å². The van der Waals surface area contributed by atoms with E-state index in [2.05, 4.69) is 23.7 Å². The average Bonchev–Trinajstić information content (AvgIpc) is 2.08. The van der Waals surface area contributed by atoms with Crippen LogP contribution in [0.25, 0.3) is 0 Å². The number of nitrogen functional groups attached to an aromatic ring is 1. The van der Waals surface area contributed by atoms with Gasteiger partial charge in [-0.15, -0.1) is 0 Å². The van der Waals surface area contributed by atoms with Crippen molar-refractivity contribution in [3.63, 3.8) is 0 Å². The summed E-state index contributed by atoms with van der Waals surface area (Å²) in [6, 6.07) is 2.35. The van der Waals surface area contributed by atoms with Gasteiger partial charge in [-0.25, -0.2) is 4.98 Å². The van der Waals surface area contributed by atoms with Crippen molar-refractivity contribution in [2.24, 2.45) is 0 Å². The van der Waals surface area contributed by atoms with Gasteiger partial charge < -0.3 is 10.6 Å². The molecular weight excluding hydrogens is 162 g/mol. The molecule has 1 rings (SSSR count). The van der Waals surface area contributed by atoms with Crippen molar-refractivity contribution in [2.75, 3.05) is 17.7 Å². The SMILES string of the molecule is Cc1cnc(N(C)C(C)C)cc1N. The smallest absolute Gasteiger partial charge is 0.130 e. The van der Waals surface area contributed by atoms with E-state index in [0.717, 1.165) is 17.1 Å². The lowest BCUT2D eigenvalue weighted by Crippen LogP contribution is -2.26. The van der Waals surface area contributed by atoms with Crippen LogP contribution in [0.5, 0.6) is 0 Å². The second-order valence-electron chi connectivity index (χ2n) is 3.60. The molecule has 0 amide bonds. The molecule has 0 saturated carbocycles. The number of hydrogen-bond donors (Lipinski definition) is 1. The Hall–Kier alpha value is -1.25. The molecule has 0 aliphatic heterocycles. The van der Waals surface area contributed by atoms with E-state index in [1.54, 1.807) is 0 Å². The number of aromatic nitrogens is 1. The number of pyridine rings is 1. The standard InChI is InChI=1S/C10H17N3/c1-7(2)13(4)10-5-9(11)8(3)6-12-10/h5-7H,1-4H3,(H2,11,12). The molecule has 3 heteroatoms. The predicted molar refractivity (Wildman–Crippen MR) is 56.9 cm³/mol. The highest BCUT2D eigenvalue weighted by atomic mass is 15.2. The van der Waals surface area contributed by atoms with Crippen LogP contribution in [0.4, 0.5) is 11.5 Å². The van der Waals surface area contributed by atoms with Crippen LogP contribution >= 0.6 is 0 Å². The zero-order chi connectivity index (χ0) is 10.0. The van der Waals surface area contributed by atoms with Gasteiger partial charge in [0.05, 0.1) is 0 Å². The molecule has 0 fully saturated rings. The topological polar surface area (TPSA) is 42.2 Å². The van der Waals surface area contributed by atoms with Crippen LogP contribution in [-0.4, -0.2) is 18.1 Å². The maximum atomic E-state index is 5.79. The van der Waals surface area contributed by atoms with E-state index < -0.39 is 0 Å². The summed E-state index contributed by atoms with van der Waals surface area (Å²) in [6.45, 7) is 6.21. The first-order chi connectivity index (χ1) is 6.02. The first-order valence-corrected chi connectivity index (χ1v) is 4.47. The molecule has 0 aliphatic rings. The maximum absolute atomic E-state index is 5.79. The molecule has 0 saturated heterocycles. The Morgan fingerprint density at radius 3 is 2.54 bits per heavy atom. The molecule has 72 valence electrons. The summed E-state index contributed by atoms with van der Waals surface area (Å²) >= 11 is 0. The van der Waals surface area contributed by atoms with Crippen LogP contribution in [0.1, 0.15) is 19.4 Å². The first kappa shape index (κ1) is 9.84. The average molecular weight is 179 g/mol. The van der Waals surface area contributed by atoms with Gasteiger partial charge in [0.25, 0.3) is 0 Å². The molecule has 1 heterocycles. The molecule has 13 heavy (non-hydrogen) atoms. The molecule has 0 spiro atoms. The lowest BCUT2D eigenvalue weighted by atomic mass is 10.2. The number of hydrogen-bond acceptors (Lipinski definition) is 3. The summed E-state index contributed by atoms with van der Waals surface area (Å²) in [5, 5.41) is 0. The summed E-state index contributed by atoms with van der Waals surface area (Å²) < 4.78 is 0. The Balaban J connectivity index is 2.97. The largest absolute Gasteiger partial charge is 0.398 e. The highest BCUT2D eigenvalue weighted by molar-refractivity contribution is 5.54. The van der Waals surface area contributed by atoms with Crippen molar-refractivity contribution in [2.45, 2.75) is 26.8 Å². The van der Waals surface area contributed by atoms with Gasteiger partial charge in [0.15, 0.2) is 0 Å². The Labute approximate surface area is 79.6 Å². The molecule has 2 N–H and O–H groups in total. The monoisotopic (exact) mass is 179 g/mol. The van der Waals surface area contributed by atoms with Gasteiger partial charge in [-0.2, -0.15) is 0 Å². The third-order valence-corrected chi connectivity index (χ3v) is 2.27. The van der Waals surface area contributed by atoms with E-state index in [1.807, 2.05) is 26.2 Å². The lowest BCUT2D eigenvalue weighted by Gasteiger charge is -2.22. The van der Waals surface area contributed by atoms with Crippen molar-refractivity contribution in [1.82, 2.24) is 4.98 Å². The Kier molecular flexibility index (Phi) is 2.76. The van der Waals surface area contributed by atoms with Crippen molar-refractivity contribution in [3.8, 4) is 0 Å². The van der Waals surface area contributed by atoms with E-state index >= 15 is 0 Å². The van der Waals surface area contributed by atoms with E-state index in [4.69, 9.17) is 5.73 Å².